The summed E-state index contributed by atoms with van der Waals surface area (Å²) in [5.74, 6) is -0.748. The molecule has 0 radical (unpaired) electrons. The lowest BCUT2D eigenvalue weighted by Gasteiger charge is -2.18. The number of carbonyl (C=O) groups excluding carboxylic acids is 1. The second-order valence-electron chi connectivity index (χ2n) is 4.47. The van der Waals surface area contributed by atoms with Crippen LogP contribution in [0.1, 0.15) is 36.6 Å². The van der Waals surface area contributed by atoms with Gasteiger partial charge in [-0.3, -0.25) is 0 Å². The number of aliphatic hydroxyl groups excluding tert-OH is 1. The zero-order chi connectivity index (χ0) is 13.2. The first-order valence-electron chi connectivity index (χ1n) is 5.33. The van der Waals surface area contributed by atoms with Gasteiger partial charge in [0.2, 0.25) is 0 Å². The number of alkyl halides is 1. The van der Waals surface area contributed by atoms with Gasteiger partial charge < -0.3 is 9.84 Å². The van der Waals surface area contributed by atoms with Crippen molar-refractivity contribution in [3.63, 3.8) is 0 Å². The third-order valence-corrected chi connectivity index (χ3v) is 2.68. The van der Waals surface area contributed by atoms with Crippen LogP contribution in [0.3, 0.4) is 0 Å². The largest absolute Gasteiger partial charge is 0.467 e. The molecule has 0 aliphatic carbocycles. The van der Waals surface area contributed by atoms with Crippen molar-refractivity contribution < 1.29 is 19.0 Å². The molecule has 0 aliphatic rings. The summed E-state index contributed by atoms with van der Waals surface area (Å²) in [4.78, 5) is 11.3. The van der Waals surface area contributed by atoms with Crippen molar-refractivity contribution in [2.24, 2.45) is 0 Å². The number of hydrogen-bond acceptors (Lipinski definition) is 3. The Kier molecular flexibility index (Phi) is 3.88. The maximum absolute atomic E-state index is 13.8. The fraction of sp³-hybridized carbons (Fsp3) is 0.462. The Morgan fingerprint density at radius 1 is 1.47 bits per heavy atom. The molecule has 94 valence electrons. The monoisotopic (exact) mass is 240 g/mol. The van der Waals surface area contributed by atoms with Crippen LogP contribution < -0.4 is 0 Å². The Balaban J connectivity index is 3.20. The van der Waals surface area contributed by atoms with Gasteiger partial charge in [0.25, 0.3) is 0 Å². The molecule has 17 heavy (non-hydrogen) atoms. The molecular weight excluding hydrogens is 223 g/mol. The van der Waals surface area contributed by atoms with Gasteiger partial charge in [0.15, 0.2) is 6.10 Å². The predicted octanol–water partition coefficient (Wildman–Crippen LogP) is 2.41. The molecule has 1 rings (SSSR count). The predicted molar refractivity (Wildman–Crippen MR) is 62.3 cm³/mol. The fourth-order valence-electron chi connectivity index (χ4n) is 1.54. The highest BCUT2D eigenvalue weighted by atomic mass is 19.1. The number of esters is 1. The first-order chi connectivity index (χ1) is 7.77. The molecule has 0 aromatic heterocycles. The first kappa shape index (κ1) is 13.6. The molecule has 1 atom stereocenters. The maximum Gasteiger partial charge on any atom is 0.339 e. The molecule has 1 unspecified atom stereocenters. The standard InChI is InChI=1S/C13H17FO3/c1-8-5-6-9(13(2,3)14)7-10(8)11(15)12(16)17-4/h5-7,11,15H,1-4H3. The van der Waals surface area contributed by atoms with Crippen molar-refractivity contribution in [1.82, 2.24) is 0 Å². The normalized spacial score (nSPS) is 13.3. The summed E-state index contributed by atoms with van der Waals surface area (Å²) in [5, 5.41) is 9.76. The number of hydrogen-bond donors (Lipinski definition) is 1. The van der Waals surface area contributed by atoms with Gasteiger partial charge in [0.05, 0.1) is 7.11 Å². The molecule has 0 spiro atoms. The second kappa shape index (κ2) is 4.84. The zero-order valence-corrected chi connectivity index (χ0v) is 10.5. The number of halogens is 1. The van der Waals surface area contributed by atoms with E-state index in [4.69, 9.17) is 0 Å². The van der Waals surface area contributed by atoms with Crippen LogP contribution in [0.15, 0.2) is 18.2 Å². The van der Waals surface area contributed by atoms with Gasteiger partial charge in [-0.1, -0.05) is 12.1 Å². The number of rotatable bonds is 3. The highest BCUT2D eigenvalue weighted by Gasteiger charge is 2.24. The minimum Gasteiger partial charge on any atom is -0.467 e. The van der Waals surface area contributed by atoms with Gasteiger partial charge >= 0.3 is 5.97 Å². The third kappa shape index (κ3) is 3.03. The van der Waals surface area contributed by atoms with Crippen molar-refractivity contribution in [2.45, 2.75) is 32.5 Å². The maximum atomic E-state index is 13.8. The number of aryl methyl sites for hydroxylation is 1. The van der Waals surface area contributed by atoms with Crippen LogP contribution in [0.5, 0.6) is 0 Å². The van der Waals surface area contributed by atoms with Crippen LogP contribution in [0.25, 0.3) is 0 Å². The lowest BCUT2D eigenvalue weighted by Crippen LogP contribution is -2.16. The van der Waals surface area contributed by atoms with E-state index < -0.39 is 17.7 Å². The van der Waals surface area contributed by atoms with E-state index >= 15 is 0 Å². The Hall–Kier alpha value is -1.42. The lowest BCUT2D eigenvalue weighted by molar-refractivity contribution is -0.150. The fourth-order valence-corrected chi connectivity index (χ4v) is 1.54. The molecule has 4 heteroatoms. The number of ether oxygens (including phenoxy) is 1. The molecule has 0 saturated heterocycles. The van der Waals surface area contributed by atoms with Gasteiger partial charge in [-0.2, -0.15) is 0 Å². The van der Waals surface area contributed by atoms with Crippen LogP contribution in [0, 0.1) is 6.92 Å². The SMILES string of the molecule is COC(=O)C(O)c1cc(C(C)(C)F)ccc1C. The van der Waals surface area contributed by atoms with Gasteiger partial charge in [0.1, 0.15) is 5.67 Å². The van der Waals surface area contributed by atoms with Crippen LogP contribution in [0.4, 0.5) is 4.39 Å². The molecule has 0 fully saturated rings. The average molecular weight is 240 g/mol. The molecule has 0 amide bonds. The lowest BCUT2D eigenvalue weighted by atomic mass is 9.93. The average Bonchev–Trinajstić information content (AvgIpc) is 2.26. The van der Waals surface area contributed by atoms with Crippen molar-refractivity contribution in [3.8, 4) is 0 Å². The van der Waals surface area contributed by atoms with E-state index in [0.717, 1.165) is 5.56 Å². The Bertz CT molecular complexity index is 421. The highest BCUT2D eigenvalue weighted by molar-refractivity contribution is 5.76. The molecule has 1 N–H and O–H groups in total. The van der Waals surface area contributed by atoms with E-state index in [9.17, 15) is 14.3 Å². The Morgan fingerprint density at radius 2 is 2.06 bits per heavy atom. The molecule has 0 heterocycles. The molecular formula is C13H17FO3. The quantitative estimate of drug-likeness (QED) is 0.825. The van der Waals surface area contributed by atoms with E-state index in [1.165, 1.54) is 27.0 Å². The Morgan fingerprint density at radius 3 is 2.53 bits per heavy atom. The number of carbonyl (C=O) groups is 1. The Labute approximate surface area is 100 Å². The van der Waals surface area contributed by atoms with Crippen LogP contribution >= 0.6 is 0 Å². The molecule has 0 aliphatic heterocycles. The van der Waals surface area contributed by atoms with E-state index in [-0.39, 0.29) is 0 Å². The minimum atomic E-state index is -1.52. The number of aliphatic hydroxyl groups is 1. The summed E-state index contributed by atoms with van der Waals surface area (Å²) in [6.07, 6.45) is -1.37. The topological polar surface area (TPSA) is 46.5 Å². The highest BCUT2D eigenvalue weighted by Crippen LogP contribution is 2.29. The smallest absolute Gasteiger partial charge is 0.339 e. The summed E-state index contributed by atoms with van der Waals surface area (Å²) in [7, 11) is 1.20. The zero-order valence-electron chi connectivity index (χ0n) is 10.5. The van der Waals surface area contributed by atoms with Crippen LogP contribution in [-0.4, -0.2) is 18.2 Å². The van der Waals surface area contributed by atoms with E-state index in [0.29, 0.717) is 11.1 Å². The number of benzene rings is 1. The van der Waals surface area contributed by atoms with Crippen molar-refractivity contribution in [2.75, 3.05) is 7.11 Å². The first-order valence-corrected chi connectivity index (χ1v) is 5.33. The molecule has 0 saturated carbocycles. The van der Waals surface area contributed by atoms with Gasteiger partial charge in [-0.05, 0) is 43.5 Å². The van der Waals surface area contributed by atoms with Gasteiger partial charge in [-0.15, -0.1) is 0 Å². The van der Waals surface area contributed by atoms with E-state index in [1.54, 1.807) is 19.1 Å². The van der Waals surface area contributed by atoms with Gasteiger partial charge in [0, 0.05) is 0 Å². The minimum absolute atomic E-state index is 0.375. The molecule has 0 bridgehead atoms. The summed E-state index contributed by atoms with van der Waals surface area (Å²) < 4.78 is 18.2. The van der Waals surface area contributed by atoms with Crippen molar-refractivity contribution in [1.29, 1.82) is 0 Å². The van der Waals surface area contributed by atoms with E-state index in [2.05, 4.69) is 4.74 Å². The van der Waals surface area contributed by atoms with E-state index in [1.807, 2.05) is 0 Å². The van der Waals surface area contributed by atoms with Crippen molar-refractivity contribution >= 4 is 5.97 Å². The third-order valence-electron chi connectivity index (χ3n) is 2.68. The number of methoxy groups -OCH3 is 1. The van der Waals surface area contributed by atoms with Crippen LogP contribution in [0.2, 0.25) is 0 Å². The summed E-state index contributed by atoms with van der Waals surface area (Å²) >= 11 is 0. The molecule has 1 aromatic carbocycles. The van der Waals surface area contributed by atoms with Crippen LogP contribution in [-0.2, 0) is 15.2 Å². The summed E-state index contributed by atoms with van der Waals surface area (Å²) in [6, 6.07) is 4.82. The second-order valence-corrected chi connectivity index (χ2v) is 4.47. The molecule has 3 nitrogen and oxygen atoms in total. The molecule has 1 aromatic rings. The van der Waals surface area contributed by atoms with Crippen molar-refractivity contribution in [3.05, 3.63) is 34.9 Å². The summed E-state index contributed by atoms with van der Waals surface area (Å²) in [6.45, 7) is 4.59. The van der Waals surface area contributed by atoms with Gasteiger partial charge in [-0.25, -0.2) is 9.18 Å². The summed E-state index contributed by atoms with van der Waals surface area (Å²) in [5.41, 5.74) is -0.00445.